The van der Waals surface area contributed by atoms with E-state index in [0.29, 0.717) is 28.8 Å². The molecule has 36 heavy (non-hydrogen) atoms. The number of carbonyl (C=O) groups excluding carboxylic acids is 1. The zero-order chi connectivity index (χ0) is 25.2. The molecule has 4 aliphatic carbocycles. The van der Waals surface area contributed by atoms with E-state index in [1.54, 1.807) is 11.8 Å². The summed E-state index contributed by atoms with van der Waals surface area (Å²) >= 11 is 0. The number of carbonyl (C=O) groups is 1. The van der Waals surface area contributed by atoms with Gasteiger partial charge in [0, 0.05) is 5.92 Å². The molecule has 1 aromatic heterocycles. The topological polar surface area (TPSA) is 77.2 Å². The number of hydrogen-bond donors (Lipinski definition) is 1. The summed E-state index contributed by atoms with van der Waals surface area (Å²) in [5.41, 5.74) is 2.01. The zero-order valence-electron chi connectivity index (χ0n) is 22.4. The van der Waals surface area contributed by atoms with Crippen molar-refractivity contribution in [2.45, 2.75) is 91.2 Å². The molecule has 9 atom stereocenters. The highest BCUT2D eigenvalue weighted by molar-refractivity contribution is 5.86. The highest BCUT2D eigenvalue weighted by Gasteiger charge is 2.60. The molecule has 1 aromatic carbocycles. The van der Waals surface area contributed by atoms with E-state index in [4.69, 9.17) is 4.74 Å². The van der Waals surface area contributed by atoms with Gasteiger partial charge in [-0.25, -0.2) is 4.68 Å². The molecule has 1 heterocycles. The standard InChI is InChI=1S/C30H43N3O3/c1-18-16-19-8-9-20-21-10-11-23(30(21,3)14-12-22(20)29(19,2)15-13-25(18)34)26(35)17-33-28-24(31-32-33)6-5-7-27(28)36-4/h5-7,18-23,25,34H,8-17H2,1-4H3/t18-,19+,20+,21+,22+,23-,25+,29+,30+/m1/s1. The van der Waals surface area contributed by atoms with Crippen LogP contribution in [0.15, 0.2) is 18.2 Å². The zero-order valence-corrected chi connectivity index (χ0v) is 22.4. The highest BCUT2D eigenvalue weighted by atomic mass is 16.5. The van der Waals surface area contributed by atoms with Crippen LogP contribution in [0.3, 0.4) is 0 Å². The maximum Gasteiger partial charge on any atom is 0.157 e. The molecule has 1 N–H and O–H groups in total. The maximum absolute atomic E-state index is 13.8. The molecule has 4 saturated carbocycles. The number of benzene rings is 1. The van der Waals surface area contributed by atoms with Crippen LogP contribution in [0.4, 0.5) is 0 Å². The molecule has 2 aromatic rings. The first-order valence-electron chi connectivity index (χ1n) is 14.3. The van der Waals surface area contributed by atoms with Gasteiger partial charge in [-0.1, -0.05) is 32.1 Å². The Hall–Kier alpha value is -1.95. The Morgan fingerprint density at radius 1 is 1.08 bits per heavy atom. The Labute approximate surface area is 215 Å². The van der Waals surface area contributed by atoms with E-state index in [2.05, 4.69) is 31.1 Å². The van der Waals surface area contributed by atoms with Crippen molar-refractivity contribution in [3.05, 3.63) is 18.2 Å². The van der Waals surface area contributed by atoms with Crippen molar-refractivity contribution < 1.29 is 14.6 Å². The molecule has 0 radical (unpaired) electrons. The van der Waals surface area contributed by atoms with Crippen LogP contribution in [0.25, 0.3) is 11.0 Å². The SMILES string of the molecule is COc1cccc2nnn(CC(=O)[C@H]3CC[C@H]4[C@@H]5CC[C@H]6C[C@@H](C)[C@@H](O)CC[C@]6(C)[C@H]5CC[C@]34C)c12. The van der Waals surface area contributed by atoms with Crippen molar-refractivity contribution in [2.24, 2.45) is 46.3 Å². The Morgan fingerprint density at radius 2 is 1.86 bits per heavy atom. The average molecular weight is 494 g/mol. The summed E-state index contributed by atoms with van der Waals surface area (Å²) in [6, 6.07) is 5.74. The van der Waals surface area contributed by atoms with E-state index < -0.39 is 0 Å². The minimum atomic E-state index is -0.139. The molecule has 4 aliphatic rings. The van der Waals surface area contributed by atoms with Gasteiger partial charge < -0.3 is 9.84 Å². The maximum atomic E-state index is 13.8. The van der Waals surface area contributed by atoms with E-state index in [-0.39, 0.29) is 24.0 Å². The molecular formula is C30H43N3O3. The second kappa shape index (κ2) is 8.82. The van der Waals surface area contributed by atoms with Crippen molar-refractivity contribution in [3.63, 3.8) is 0 Å². The fraction of sp³-hybridized carbons (Fsp3) is 0.767. The number of ether oxygens (including phenoxy) is 1. The second-order valence-electron chi connectivity index (χ2n) is 13.2. The first-order valence-corrected chi connectivity index (χ1v) is 14.3. The van der Waals surface area contributed by atoms with Gasteiger partial charge in [-0.05, 0) is 110 Å². The molecule has 0 bridgehead atoms. The third kappa shape index (κ3) is 3.57. The van der Waals surface area contributed by atoms with Crippen LogP contribution in [0.1, 0.15) is 78.6 Å². The minimum Gasteiger partial charge on any atom is -0.494 e. The van der Waals surface area contributed by atoms with E-state index in [0.717, 1.165) is 54.5 Å². The largest absolute Gasteiger partial charge is 0.494 e. The first-order chi connectivity index (χ1) is 17.3. The third-order valence-corrected chi connectivity index (χ3v) is 11.8. The average Bonchev–Trinajstić information content (AvgIpc) is 3.41. The number of aliphatic hydroxyl groups is 1. The lowest BCUT2D eigenvalue weighted by Crippen LogP contribution is -2.52. The summed E-state index contributed by atoms with van der Waals surface area (Å²) in [5.74, 6) is 4.38. The van der Waals surface area contributed by atoms with Gasteiger partial charge >= 0.3 is 0 Å². The normalized spacial score (nSPS) is 42.3. The molecular weight excluding hydrogens is 450 g/mol. The Balaban J connectivity index is 1.23. The lowest BCUT2D eigenvalue weighted by Gasteiger charge is -2.59. The van der Waals surface area contributed by atoms with Gasteiger partial charge in [0.2, 0.25) is 0 Å². The van der Waals surface area contributed by atoms with Crippen LogP contribution in [0, 0.1) is 46.3 Å². The smallest absolute Gasteiger partial charge is 0.157 e. The fourth-order valence-electron chi connectivity index (χ4n) is 9.72. The number of hydrogen-bond acceptors (Lipinski definition) is 5. The number of para-hydroxylation sites is 1. The van der Waals surface area contributed by atoms with Crippen LogP contribution in [0.5, 0.6) is 5.75 Å². The quantitative estimate of drug-likeness (QED) is 0.594. The predicted molar refractivity (Wildman–Crippen MR) is 139 cm³/mol. The van der Waals surface area contributed by atoms with Gasteiger partial charge in [0.05, 0.1) is 13.2 Å². The van der Waals surface area contributed by atoms with E-state index in [9.17, 15) is 9.90 Å². The molecule has 196 valence electrons. The lowest BCUT2D eigenvalue weighted by atomic mass is 9.46. The number of nitrogens with zero attached hydrogens (tertiary/aromatic N) is 3. The van der Waals surface area contributed by atoms with Gasteiger partial charge in [-0.3, -0.25) is 4.79 Å². The second-order valence-corrected chi connectivity index (χ2v) is 13.2. The number of aromatic nitrogens is 3. The van der Waals surface area contributed by atoms with Crippen LogP contribution in [-0.2, 0) is 11.3 Å². The lowest BCUT2D eigenvalue weighted by molar-refractivity contribution is -0.134. The molecule has 6 rings (SSSR count). The number of Topliss-reactive ketones (excluding diaryl/α,β-unsaturated/α-hetero) is 1. The van der Waals surface area contributed by atoms with Crippen molar-refractivity contribution in [1.29, 1.82) is 0 Å². The van der Waals surface area contributed by atoms with Crippen molar-refractivity contribution in [3.8, 4) is 5.75 Å². The van der Waals surface area contributed by atoms with Crippen LogP contribution in [0.2, 0.25) is 0 Å². The summed E-state index contributed by atoms with van der Waals surface area (Å²) in [6.07, 6.45) is 10.3. The molecule has 0 aliphatic heterocycles. The molecule has 0 unspecified atom stereocenters. The monoisotopic (exact) mass is 493 g/mol. The number of rotatable bonds is 4. The van der Waals surface area contributed by atoms with Gasteiger partial charge in [0.15, 0.2) is 5.78 Å². The van der Waals surface area contributed by atoms with Crippen molar-refractivity contribution >= 4 is 16.8 Å². The van der Waals surface area contributed by atoms with Crippen LogP contribution >= 0.6 is 0 Å². The summed E-state index contributed by atoms with van der Waals surface area (Å²) in [4.78, 5) is 13.8. The predicted octanol–water partition coefficient (Wildman–Crippen LogP) is 5.66. The molecule has 4 fully saturated rings. The summed E-state index contributed by atoms with van der Waals surface area (Å²) in [7, 11) is 1.65. The van der Waals surface area contributed by atoms with E-state index >= 15 is 0 Å². The Kier molecular flexibility index (Phi) is 5.97. The summed E-state index contributed by atoms with van der Waals surface area (Å²) in [6.45, 7) is 7.51. The number of aliphatic hydroxyl groups excluding tert-OH is 1. The summed E-state index contributed by atoms with van der Waals surface area (Å²) < 4.78 is 7.30. The molecule has 6 heteroatoms. The van der Waals surface area contributed by atoms with E-state index in [1.807, 2.05) is 18.2 Å². The van der Waals surface area contributed by atoms with Crippen LogP contribution < -0.4 is 4.74 Å². The summed E-state index contributed by atoms with van der Waals surface area (Å²) in [5, 5.41) is 19.3. The Morgan fingerprint density at radius 3 is 2.67 bits per heavy atom. The van der Waals surface area contributed by atoms with Gasteiger partial charge in [0.25, 0.3) is 0 Å². The van der Waals surface area contributed by atoms with Gasteiger partial charge in [-0.15, -0.1) is 5.10 Å². The molecule has 6 nitrogen and oxygen atoms in total. The van der Waals surface area contributed by atoms with Crippen LogP contribution in [-0.4, -0.2) is 39.1 Å². The number of fused-ring (bicyclic) bond motifs is 6. The fourth-order valence-corrected chi connectivity index (χ4v) is 9.72. The number of ketones is 1. The van der Waals surface area contributed by atoms with Crippen molar-refractivity contribution in [1.82, 2.24) is 15.0 Å². The van der Waals surface area contributed by atoms with Gasteiger partial charge in [-0.2, -0.15) is 0 Å². The Bertz CT molecular complexity index is 1150. The third-order valence-electron chi connectivity index (χ3n) is 11.8. The van der Waals surface area contributed by atoms with E-state index in [1.165, 1.54) is 32.1 Å². The molecule has 0 saturated heterocycles. The molecule has 0 amide bonds. The van der Waals surface area contributed by atoms with Crippen molar-refractivity contribution in [2.75, 3.05) is 7.11 Å². The first kappa shape index (κ1) is 24.4. The highest BCUT2D eigenvalue weighted by Crippen LogP contribution is 2.67. The minimum absolute atomic E-state index is 0.0828. The van der Waals surface area contributed by atoms with Gasteiger partial charge in [0.1, 0.15) is 23.3 Å². The molecule has 0 spiro atoms. The number of methoxy groups -OCH3 is 1.